The summed E-state index contributed by atoms with van der Waals surface area (Å²) in [6, 6.07) is 9.51. The van der Waals surface area contributed by atoms with Crippen molar-refractivity contribution in [3.05, 3.63) is 35.4 Å². The standard InChI is InChI=1S/C18H23N3O3/c1-23-18(12-20)8-15(9-18)17(22)21-5-6-24-16(11-21)14-4-2-3-13(7-14)10-19/h2-4,7,15-16H,5-6,8-9,11-12,20H2,1H3. The van der Waals surface area contributed by atoms with Gasteiger partial charge < -0.3 is 20.1 Å². The predicted octanol–water partition coefficient (Wildman–Crippen LogP) is 1.21. The van der Waals surface area contributed by atoms with E-state index in [0.717, 1.165) is 5.56 Å². The Hall–Kier alpha value is -1.94. The Morgan fingerprint density at radius 3 is 3.00 bits per heavy atom. The minimum absolute atomic E-state index is 0.0160. The van der Waals surface area contributed by atoms with Crippen LogP contribution in [0.1, 0.15) is 30.1 Å². The van der Waals surface area contributed by atoms with Crippen LogP contribution >= 0.6 is 0 Å². The molecule has 1 aromatic carbocycles. The van der Waals surface area contributed by atoms with Gasteiger partial charge in [-0.3, -0.25) is 4.79 Å². The van der Waals surface area contributed by atoms with Crippen LogP contribution in [0.15, 0.2) is 24.3 Å². The predicted molar refractivity (Wildman–Crippen MR) is 87.9 cm³/mol. The summed E-state index contributed by atoms with van der Waals surface area (Å²) in [7, 11) is 1.65. The van der Waals surface area contributed by atoms with Gasteiger partial charge in [-0.2, -0.15) is 5.26 Å². The number of hydrogen-bond acceptors (Lipinski definition) is 5. The lowest BCUT2D eigenvalue weighted by atomic mass is 9.70. The zero-order valence-electron chi connectivity index (χ0n) is 13.9. The van der Waals surface area contributed by atoms with Gasteiger partial charge in [0.25, 0.3) is 0 Å². The zero-order valence-corrected chi connectivity index (χ0v) is 13.9. The Kier molecular flexibility index (Phi) is 4.86. The van der Waals surface area contributed by atoms with Crippen molar-refractivity contribution in [3.63, 3.8) is 0 Å². The molecule has 1 amide bonds. The molecule has 1 saturated carbocycles. The lowest BCUT2D eigenvalue weighted by Gasteiger charge is -2.47. The first kappa shape index (κ1) is 16.9. The third-order valence-electron chi connectivity index (χ3n) is 5.16. The van der Waals surface area contributed by atoms with Gasteiger partial charge in [-0.1, -0.05) is 12.1 Å². The fraction of sp³-hybridized carbons (Fsp3) is 0.556. The van der Waals surface area contributed by atoms with Crippen molar-refractivity contribution in [1.29, 1.82) is 5.26 Å². The molecule has 1 aliphatic heterocycles. The second-order valence-corrected chi connectivity index (χ2v) is 6.58. The van der Waals surface area contributed by atoms with Crippen LogP contribution in [0.5, 0.6) is 0 Å². The smallest absolute Gasteiger partial charge is 0.226 e. The summed E-state index contributed by atoms with van der Waals surface area (Å²) in [5, 5.41) is 9.03. The number of nitrogens with two attached hydrogens (primary N) is 1. The van der Waals surface area contributed by atoms with E-state index >= 15 is 0 Å². The second kappa shape index (κ2) is 6.89. The quantitative estimate of drug-likeness (QED) is 0.897. The molecule has 2 aliphatic rings. The number of amides is 1. The highest BCUT2D eigenvalue weighted by Crippen LogP contribution is 2.41. The summed E-state index contributed by atoms with van der Waals surface area (Å²) in [6.45, 7) is 2.07. The number of methoxy groups -OCH3 is 1. The van der Waals surface area contributed by atoms with Crippen LogP contribution in [0.4, 0.5) is 0 Å². The second-order valence-electron chi connectivity index (χ2n) is 6.58. The molecule has 0 bridgehead atoms. The fourth-order valence-electron chi connectivity index (χ4n) is 3.55. The summed E-state index contributed by atoms with van der Waals surface area (Å²) in [6.07, 6.45) is 1.19. The van der Waals surface area contributed by atoms with Crippen LogP contribution in [0.3, 0.4) is 0 Å². The normalized spacial score (nSPS) is 29.6. The van der Waals surface area contributed by atoms with Crippen molar-refractivity contribution in [2.45, 2.75) is 24.5 Å². The number of ether oxygens (including phenoxy) is 2. The fourth-order valence-corrected chi connectivity index (χ4v) is 3.55. The van der Waals surface area contributed by atoms with Crippen molar-refractivity contribution in [2.75, 3.05) is 33.4 Å². The minimum atomic E-state index is -0.326. The topological polar surface area (TPSA) is 88.6 Å². The molecule has 0 aromatic heterocycles. The van der Waals surface area contributed by atoms with Gasteiger partial charge in [0.2, 0.25) is 5.91 Å². The van der Waals surface area contributed by atoms with E-state index in [1.54, 1.807) is 13.2 Å². The van der Waals surface area contributed by atoms with Crippen molar-refractivity contribution in [2.24, 2.45) is 11.7 Å². The van der Waals surface area contributed by atoms with Gasteiger partial charge >= 0.3 is 0 Å². The van der Waals surface area contributed by atoms with Crippen LogP contribution in [0, 0.1) is 17.2 Å². The summed E-state index contributed by atoms with van der Waals surface area (Å²) >= 11 is 0. The van der Waals surface area contributed by atoms with E-state index < -0.39 is 0 Å². The number of carbonyl (C=O) groups excluding carboxylic acids is 1. The molecule has 1 saturated heterocycles. The molecule has 1 heterocycles. The van der Waals surface area contributed by atoms with Crippen molar-refractivity contribution < 1.29 is 14.3 Å². The number of morpholine rings is 1. The van der Waals surface area contributed by atoms with Gasteiger partial charge in [0.1, 0.15) is 6.10 Å². The van der Waals surface area contributed by atoms with Gasteiger partial charge in [-0.05, 0) is 30.5 Å². The van der Waals surface area contributed by atoms with E-state index in [4.69, 9.17) is 20.5 Å². The minimum Gasteiger partial charge on any atom is -0.377 e. The largest absolute Gasteiger partial charge is 0.377 e. The Morgan fingerprint density at radius 2 is 2.33 bits per heavy atom. The first-order valence-corrected chi connectivity index (χ1v) is 8.26. The van der Waals surface area contributed by atoms with Crippen LogP contribution < -0.4 is 5.73 Å². The van der Waals surface area contributed by atoms with Crippen molar-refractivity contribution in [1.82, 2.24) is 4.90 Å². The van der Waals surface area contributed by atoms with Crippen LogP contribution in [0.25, 0.3) is 0 Å². The van der Waals surface area contributed by atoms with Crippen LogP contribution in [-0.4, -0.2) is 49.8 Å². The Morgan fingerprint density at radius 1 is 1.54 bits per heavy atom. The molecule has 2 fully saturated rings. The highest BCUT2D eigenvalue weighted by Gasteiger charge is 2.48. The third-order valence-corrected chi connectivity index (χ3v) is 5.16. The van der Waals surface area contributed by atoms with Gasteiger partial charge in [-0.15, -0.1) is 0 Å². The number of carbonyl (C=O) groups is 1. The van der Waals surface area contributed by atoms with Gasteiger partial charge in [-0.25, -0.2) is 0 Å². The maximum atomic E-state index is 12.7. The lowest BCUT2D eigenvalue weighted by molar-refractivity contribution is -0.161. The molecule has 1 aliphatic carbocycles. The summed E-state index contributed by atoms with van der Waals surface area (Å²) < 4.78 is 11.3. The average molecular weight is 329 g/mol. The van der Waals surface area contributed by atoms with Crippen LogP contribution in [-0.2, 0) is 14.3 Å². The molecule has 2 N–H and O–H groups in total. The molecule has 128 valence electrons. The Balaban J connectivity index is 1.64. The summed E-state index contributed by atoms with van der Waals surface area (Å²) in [5.74, 6) is 0.138. The van der Waals surface area contributed by atoms with Gasteiger partial charge in [0, 0.05) is 26.1 Å². The highest BCUT2D eigenvalue weighted by atomic mass is 16.5. The Bertz CT molecular complexity index is 643. The molecule has 1 atom stereocenters. The molecular formula is C18H23N3O3. The monoisotopic (exact) mass is 329 g/mol. The molecular weight excluding hydrogens is 306 g/mol. The van der Waals surface area contributed by atoms with E-state index in [1.807, 2.05) is 23.1 Å². The number of nitriles is 1. The molecule has 6 heteroatoms. The summed E-state index contributed by atoms with van der Waals surface area (Å²) in [5.41, 5.74) is 6.96. The zero-order chi connectivity index (χ0) is 17.2. The van der Waals surface area contributed by atoms with E-state index in [1.165, 1.54) is 0 Å². The number of nitrogens with zero attached hydrogens (tertiary/aromatic N) is 2. The molecule has 0 radical (unpaired) electrons. The molecule has 6 nitrogen and oxygen atoms in total. The molecule has 24 heavy (non-hydrogen) atoms. The van der Waals surface area contributed by atoms with Gasteiger partial charge in [0.15, 0.2) is 0 Å². The van der Waals surface area contributed by atoms with E-state index in [2.05, 4.69) is 6.07 Å². The number of benzene rings is 1. The Labute approximate surface area is 142 Å². The first-order valence-electron chi connectivity index (χ1n) is 8.26. The molecule has 1 aromatic rings. The maximum absolute atomic E-state index is 12.7. The van der Waals surface area contributed by atoms with E-state index in [0.29, 0.717) is 44.6 Å². The van der Waals surface area contributed by atoms with Crippen molar-refractivity contribution >= 4 is 5.91 Å². The van der Waals surface area contributed by atoms with E-state index in [9.17, 15) is 4.79 Å². The maximum Gasteiger partial charge on any atom is 0.226 e. The van der Waals surface area contributed by atoms with Gasteiger partial charge in [0.05, 0.1) is 30.4 Å². The molecule has 3 rings (SSSR count). The average Bonchev–Trinajstić information content (AvgIpc) is 2.61. The highest BCUT2D eigenvalue weighted by molar-refractivity contribution is 5.80. The summed E-state index contributed by atoms with van der Waals surface area (Å²) in [4.78, 5) is 14.6. The SMILES string of the molecule is COC1(CN)CC(C(=O)N2CCOC(c3cccc(C#N)c3)C2)C1. The number of rotatable bonds is 4. The third kappa shape index (κ3) is 3.16. The van der Waals surface area contributed by atoms with Crippen LogP contribution in [0.2, 0.25) is 0 Å². The van der Waals surface area contributed by atoms with E-state index in [-0.39, 0.29) is 23.5 Å². The lowest BCUT2D eigenvalue weighted by Crippen LogP contribution is -2.57. The first-order chi connectivity index (χ1) is 11.6. The van der Waals surface area contributed by atoms with Crippen molar-refractivity contribution in [3.8, 4) is 6.07 Å². The number of hydrogen-bond donors (Lipinski definition) is 1. The molecule has 0 spiro atoms. The molecule has 1 unspecified atom stereocenters.